The molecule has 0 aliphatic carbocycles. The van der Waals surface area contributed by atoms with Crippen molar-refractivity contribution in [1.29, 1.82) is 0 Å². The Bertz CT molecular complexity index is 296. The topological polar surface area (TPSA) is 133 Å². The van der Waals surface area contributed by atoms with Gasteiger partial charge in [-0.05, 0) is 6.92 Å². The van der Waals surface area contributed by atoms with E-state index in [9.17, 15) is 14.2 Å². The van der Waals surface area contributed by atoms with E-state index in [4.69, 9.17) is 14.9 Å². The average molecular weight is 226 g/mol. The number of carboxylic acid groups (broad SMARTS) is 1. The molecular weight excluding hydrogens is 217 g/mol. The summed E-state index contributed by atoms with van der Waals surface area (Å²) >= 11 is 0. The molecule has 0 saturated heterocycles. The Morgan fingerprint density at radius 2 is 1.93 bits per heavy atom. The summed E-state index contributed by atoms with van der Waals surface area (Å²) in [6.07, 6.45) is -1.35. The number of ether oxygens (including phenoxy) is 1. The second-order valence-electron chi connectivity index (χ2n) is 2.48. The lowest BCUT2D eigenvalue weighted by Crippen LogP contribution is -2.51. The first-order valence-electron chi connectivity index (χ1n) is 3.18. The first-order chi connectivity index (χ1) is 6.15. The second kappa shape index (κ2) is 3.95. The molecule has 0 bridgehead atoms. The number of nitrogens with one attached hydrogen (secondary N) is 1. The molecule has 0 aromatic carbocycles. The number of hydrogen-bond acceptors (Lipinski definition) is 4. The zero-order valence-corrected chi connectivity index (χ0v) is 8.02. The van der Waals surface area contributed by atoms with Crippen LogP contribution in [0.2, 0.25) is 0 Å². The minimum atomic E-state index is -5.05. The summed E-state index contributed by atoms with van der Waals surface area (Å²) in [4.78, 5) is 38.5. The van der Waals surface area contributed by atoms with Crippen molar-refractivity contribution < 1.29 is 33.8 Å². The Morgan fingerprint density at radius 3 is 2.14 bits per heavy atom. The van der Waals surface area contributed by atoms with Crippen molar-refractivity contribution in [2.24, 2.45) is 0 Å². The van der Waals surface area contributed by atoms with E-state index in [2.05, 4.69) is 11.8 Å². The highest BCUT2D eigenvalue weighted by atomic mass is 31.2. The van der Waals surface area contributed by atoms with E-state index < -0.39 is 24.9 Å². The van der Waals surface area contributed by atoms with E-state index >= 15 is 0 Å². The highest BCUT2D eigenvalue weighted by Gasteiger charge is 2.51. The Balaban J connectivity index is 5.04. The highest BCUT2D eigenvalue weighted by molar-refractivity contribution is 7.54. The normalized spacial score (nSPS) is 15.4. The van der Waals surface area contributed by atoms with Crippen molar-refractivity contribution in [3.05, 3.63) is 7.11 Å². The number of rotatable bonds is 3. The van der Waals surface area contributed by atoms with Crippen LogP contribution in [0.5, 0.6) is 0 Å². The van der Waals surface area contributed by atoms with Crippen LogP contribution in [-0.4, -0.2) is 32.2 Å². The van der Waals surface area contributed by atoms with Crippen LogP contribution in [0.25, 0.3) is 0 Å². The largest absolute Gasteiger partial charge is 0.479 e. The molecule has 0 spiro atoms. The van der Waals surface area contributed by atoms with Gasteiger partial charge in [0.15, 0.2) is 0 Å². The fourth-order valence-corrected chi connectivity index (χ4v) is 0.972. The van der Waals surface area contributed by atoms with Crippen LogP contribution in [0.3, 0.4) is 0 Å². The van der Waals surface area contributed by atoms with E-state index in [-0.39, 0.29) is 0 Å². The molecule has 1 radical (unpaired) electrons. The summed E-state index contributed by atoms with van der Waals surface area (Å²) in [7, 11) is -2.40. The third kappa shape index (κ3) is 2.44. The molecule has 1 amide bonds. The standard InChI is InChI=1S/C5H9NO7P/c1-5(3(7)8,14(10,11)12)6-4(9)13-2/h2H2,1H3,(H,6,9)(H,7,8)(H2,10,11,12). The lowest BCUT2D eigenvalue weighted by atomic mass is 10.3. The first kappa shape index (κ1) is 12.9. The number of carboxylic acids is 1. The minimum absolute atomic E-state index is 0.660. The number of aliphatic carboxylic acids is 1. The van der Waals surface area contributed by atoms with E-state index in [1.54, 1.807) is 0 Å². The van der Waals surface area contributed by atoms with Gasteiger partial charge in [-0.2, -0.15) is 0 Å². The van der Waals surface area contributed by atoms with Crippen molar-refractivity contribution in [2.75, 3.05) is 0 Å². The zero-order chi connectivity index (χ0) is 11.6. The summed E-state index contributed by atoms with van der Waals surface area (Å²) in [5.74, 6) is -1.88. The predicted octanol–water partition coefficient (Wildman–Crippen LogP) is -0.517. The monoisotopic (exact) mass is 226 g/mol. The molecule has 0 rings (SSSR count). The number of hydrogen-bond donors (Lipinski definition) is 4. The Labute approximate surface area is 79.0 Å². The van der Waals surface area contributed by atoms with Gasteiger partial charge in [0, 0.05) is 0 Å². The number of carbonyl (C=O) groups is 2. The van der Waals surface area contributed by atoms with Gasteiger partial charge in [-0.25, -0.2) is 9.59 Å². The number of carbonyl (C=O) groups excluding carboxylic acids is 1. The summed E-state index contributed by atoms with van der Waals surface area (Å²) in [6, 6.07) is 0. The molecule has 0 fully saturated rings. The van der Waals surface area contributed by atoms with E-state index in [0.29, 0.717) is 6.92 Å². The summed E-state index contributed by atoms with van der Waals surface area (Å²) < 4.78 is 14.6. The van der Waals surface area contributed by atoms with Crippen molar-refractivity contribution >= 4 is 19.7 Å². The van der Waals surface area contributed by atoms with Crippen molar-refractivity contribution in [3.63, 3.8) is 0 Å². The molecule has 0 aliphatic rings. The molecule has 1 unspecified atom stereocenters. The smallest absolute Gasteiger partial charge is 0.408 e. The van der Waals surface area contributed by atoms with E-state index in [1.807, 2.05) is 0 Å². The number of amides is 1. The average Bonchev–Trinajstić information content (AvgIpc) is 2.01. The molecule has 14 heavy (non-hydrogen) atoms. The second-order valence-corrected chi connectivity index (χ2v) is 4.46. The Hall–Kier alpha value is -1.11. The third-order valence-corrected chi connectivity index (χ3v) is 2.94. The van der Waals surface area contributed by atoms with Crippen LogP contribution in [0.4, 0.5) is 4.79 Å². The van der Waals surface area contributed by atoms with Gasteiger partial charge in [-0.3, -0.25) is 9.88 Å². The molecule has 1 atom stereocenters. The van der Waals surface area contributed by atoms with Gasteiger partial charge in [0.1, 0.15) is 7.11 Å². The van der Waals surface area contributed by atoms with Gasteiger partial charge in [0.05, 0.1) is 0 Å². The van der Waals surface area contributed by atoms with Crippen LogP contribution in [-0.2, 0) is 14.1 Å². The molecule has 8 nitrogen and oxygen atoms in total. The fraction of sp³-hybridized carbons (Fsp3) is 0.400. The fourth-order valence-electron chi connectivity index (χ4n) is 0.486. The highest BCUT2D eigenvalue weighted by Crippen LogP contribution is 2.48. The van der Waals surface area contributed by atoms with Crippen LogP contribution in [0.1, 0.15) is 6.92 Å². The molecule has 0 aliphatic heterocycles. The van der Waals surface area contributed by atoms with Gasteiger partial charge >= 0.3 is 19.7 Å². The molecule has 81 valence electrons. The Morgan fingerprint density at radius 1 is 1.50 bits per heavy atom. The lowest BCUT2D eigenvalue weighted by molar-refractivity contribution is -0.141. The SMILES string of the molecule is [CH2]OC(=O)NC(C)(C(=O)O)P(=O)(O)O. The maximum atomic E-state index is 10.8. The van der Waals surface area contributed by atoms with Crippen LogP contribution < -0.4 is 5.32 Å². The van der Waals surface area contributed by atoms with Gasteiger partial charge in [-0.15, -0.1) is 0 Å². The predicted molar refractivity (Wildman–Crippen MR) is 43.1 cm³/mol. The third-order valence-electron chi connectivity index (χ3n) is 1.48. The summed E-state index contributed by atoms with van der Waals surface area (Å²) in [5.41, 5.74) is 0. The summed E-state index contributed by atoms with van der Waals surface area (Å²) in [6.45, 7) is 0.660. The van der Waals surface area contributed by atoms with Gasteiger partial charge < -0.3 is 19.6 Å². The van der Waals surface area contributed by atoms with E-state index in [0.717, 1.165) is 0 Å². The summed E-state index contributed by atoms with van der Waals surface area (Å²) in [5, 5.41) is 7.31. The number of alkyl carbamates (subject to hydrolysis) is 1. The van der Waals surface area contributed by atoms with Crippen molar-refractivity contribution in [2.45, 2.75) is 12.2 Å². The molecular formula is C5H9NO7P. The molecule has 0 aromatic rings. The zero-order valence-electron chi connectivity index (χ0n) is 7.13. The van der Waals surface area contributed by atoms with Gasteiger partial charge in [0.25, 0.3) is 0 Å². The van der Waals surface area contributed by atoms with Gasteiger partial charge in [0.2, 0.25) is 5.28 Å². The minimum Gasteiger partial charge on any atom is -0.479 e. The van der Waals surface area contributed by atoms with Crippen molar-refractivity contribution in [3.8, 4) is 0 Å². The molecule has 4 N–H and O–H groups in total. The Kier molecular flexibility index (Phi) is 3.64. The van der Waals surface area contributed by atoms with Crippen LogP contribution in [0, 0.1) is 7.11 Å². The van der Waals surface area contributed by atoms with Crippen LogP contribution >= 0.6 is 7.60 Å². The quantitative estimate of drug-likeness (QED) is 0.476. The van der Waals surface area contributed by atoms with Crippen LogP contribution in [0.15, 0.2) is 0 Å². The maximum Gasteiger partial charge on any atom is 0.408 e. The first-order valence-corrected chi connectivity index (χ1v) is 4.79. The molecule has 9 heteroatoms. The van der Waals surface area contributed by atoms with Gasteiger partial charge in [-0.1, -0.05) is 0 Å². The maximum absolute atomic E-state index is 10.8. The molecule has 0 aromatic heterocycles. The molecule has 0 saturated carbocycles. The van der Waals surface area contributed by atoms with Crippen molar-refractivity contribution in [1.82, 2.24) is 5.32 Å². The lowest BCUT2D eigenvalue weighted by Gasteiger charge is -2.25. The molecule has 0 heterocycles. The van der Waals surface area contributed by atoms with E-state index in [1.165, 1.54) is 5.32 Å².